The topological polar surface area (TPSA) is 84.2 Å². The van der Waals surface area contributed by atoms with Crippen LogP contribution in [0.5, 0.6) is 0 Å². The van der Waals surface area contributed by atoms with Crippen molar-refractivity contribution in [2.75, 3.05) is 10.0 Å². The van der Waals surface area contributed by atoms with Gasteiger partial charge in [-0.2, -0.15) is 8.42 Å². The lowest BCUT2D eigenvalue weighted by molar-refractivity contribution is 0.495. The molecular formula is C12H21N3O2S. The first-order valence-corrected chi connectivity index (χ1v) is 7.53. The Labute approximate surface area is 109 Å². The average molecular weight is 271 g/mol. The molecule has 0 radical (unpaired) electrons. The molecule has 0 saturated heterocycles. The van der Waals surface area contributed by atoms with Crippen molar-refractivity contribution in [1.29, 1.82) is 0 Å². The average Bonchev–Trinajstić information content (AvgIpc) is 2.26. The summed E-state index contributed by atoms with van der Waals surface area (Å²) in [5.74, 6) is 0.542. The molecule has 0 aliphatic rings. The van der Waals surface area contributed by atoms with Gasteiger partial charge in [0.15, 0.2) is 0 Å². The minimum Gasteiger partial charge on any atom is -0.382 e. The van der Waals surface area contributed by atoms with Crippen LogP contribution in [0, 0.1) is 5.92 Å². The first-order chi connectivity index (χ1) is 8.31. The minimum absolute atomic E-state index is 0.319. The Morgan fingerprint density at radius 3 is 2.44 bits per heavy atom. The molecule has 102 valence electrons. The molecule has 0 aliphatic carbocycles. The third kappa shape index (κ3) is 4.93. The Morgan fingerprint density at radius 2 is 1.89 bits per heavy atom. The Hall–Kier alpha value is -1.27. The molecule has 0 amide bonds. The maximum Gasteiger partial charge on any atom is 0.296 e. The molecule has 4 N–H and O–H groups in total. The molecule has 0 bridgehead atoms. The molecule has 0 heterocycles. The zero-order chi connectivity index (χ0) is 13.8. The fraction of sp³-hybridized carbons (Fsp3) is 0.500. The minimum atomic E-state index is -3.72. The van der Waals surface area contributed by atoms with E-state index < -0.39 is 10.2 Å². The Bertz CT molecular complexity index is 488. The number of nitrogens with one attached hydrogen (secondary N) is 2. The molecule has 0 spiro atoms. The summed E-state index contributed by atoms with van der Waals surface area (Å²) in [7, 11) is -3.72. The van der Waals surface area contributed by atoms with E-state index in [0.29, 0.717) is 17.6 Å². The Kier molecular flexibility index (Phi) is 4.98. The van der Waals surface area contributed by atoms with Gasteiger partial charge in [0.05, 0.1) is 5.69 Å². The summed E-state index contributed by atoms with van der Waals surface area (Å²) >= 11 is 0. The third-order valence-corrected chi connectivity index (χ3v) is 3.53. The molecule has 2 unspecified atom stereocenters. The zero-order valence-corrected chi connectivity index (χ0v) is 11.8. The van der Waals surface area contributed by atoms with Gasteiger partial charge < -0.3 is 5.32 Å². The standard InChI is InChI=1S/C12H21N3O2S/c1-4-9(2)10(3)14-11-6-5-7-12(8-11)15-18(13,16)17/h5-10,14-15H,4H2,1-3H3,(H2,13,16,17). The van der Waals surface area contributed by atoms with Gasteiger partial charge >= 0.3 is 0 Å². The summed E-state index contributed by atoms with van der Waals surface area (Å²) < 4.78 is 24.1. The number of hydrogen-bond donors (Lipinski definition) is 3. The largest absolute Gasteiger partial charge is 0.382 e. The molecule has 18 heavy (non-hydrogen) atoms. The van der Waals surface area contributed by atoms with Crippen molar-refractivity contribution < 1.29 is 8.42 Å². The van der Waals surface area contributed by atoms with E-state index in [0.717, 1.165) is 12.1 Å². The van der Waals surface area contributed by atoms with E-state index in [1.54, 1.807) is 18.2 Å². The Balaban J connectivity index is 2.76. The fourth-order valence-corrected chi connectivity index (χ4v) is 2.05. The molecule has 1 aromatic rings. The molecule has 6 heteroatoms. The first-order valence-electron chi connectivity index (χ1n) is 5.99. The highest BCUT2D eigenvalue weighted by Crippen LogP contribution is 2.19. The number of hydrogen-bond acceptors (Lipinski definition) is 3. The van der Waals surface area contributed by atoms with E-state index >= 15 is 0 Å². The second-order valence-corrected chi connectivity index (χ2v) is 5.84. The highest BCUT2D eigenvalue weighted by molar-refractivity contribution is 7.90. The van der Waals surface area contributed by atoms with Crippen molar-refractivity contribution in [3.05, 3.63) is 24.3 Å². The fourth-order valence-electron chi connectivity index (χ4n) is 1.60. The van der Waals surface area contributed by atoms with Crippen LogP contribution in [-0.2, 0) is 10.2 Å². The zero-order valence-electron chi connectivity index (χ0n) is 11.0. The van der Waals surface area contributed by atoms with Gasteiger partial charge in [0, 0.05) is 11.7 Å². The second kappa shape index (κ2) is 6.06. The molecule has 5 nitrogen and oxygen atoms in total. The van der Waals surface area contributed by atoms with Gasteiger partial charge in [-0.05, 0) is 31.0 Å². The third-order valence-electron chi connectivity index (χ3n) is 3.01. The Morgan fingerprint density at radius 1 is 1.28 bits per heavy atom. The van der Waals surface area contributed by atoms with E-state index in [-0.39, 0.29) is 0 Å². The first kappa shape index (κ1) is 14.8. The lowest BCUT2D eigenvalue weighted by atomic mass is 10.0. The van der Waals surface area contributed by atoms with Gasteiger partial charge in [0.2, 0.25) is 0 Å². The van der Waals surface area contributed by atoms with Gasteiger partial charge in [-0.25, -0.2) is 5.14 Å². The van der Waals surface area contributed by atoms with Crippen LogP contribution in [0.15, 0.2) is 24.3 Å². The molecule has 0 aliphatic heterocycles. The van der Waals surface area contributed by atoms with Crippen molar-refractivity contribution in [2.45, 2.75) is 33.2 Å². The number of anilines is 2. The molecule has 1 aromatic carbocycles. The predicted molar refractivity (Wildman–Crippen MR) is 75.7 cm³/mol. The number of nitrogens with two attached hydrogens (primary N) is 1. The highest BCUT2D eigenvalue weighted by atomic mass is 32.2. The summed E-state index contributed by atoms with van der Waals surface area (Å²) in [5, 5.41) is 8.27. The van der Waals surface area contributed by atoms with Crippen LogP contribution in [0.3, 0.4) is 0 Å². The van der Waals surface area contributed by atoms with Crippen LogP contribution in [0.2, 0.25) is 0 Å². The van der Waals surface area contributed by atoms with E-state index in [9.17, 15) is 8.42 Å². The van der Waals surface area contributed by atoms with Crippen molar-refractivity contribution >= 4 is 21.6 Å². The van der Waals surface area contributed by atoms with Crippen LogP contribution in [0.4, 0.5) is 11.4 Å². The van der Waals surface area contributed by atoms with Crippen LogP contribution in [0.25, 0.3) is 0 Å². The van der Waals surface area contributed by atoms with Crippen LogP contribution >= 0.6 is 0 Å². The smallest absolute Gasteiger partial charge is 0.296 e. The molecule has 0 saturated carbocycles. The van der Waals surface area contributed by atoms with Gasteiger partial charge in [0.25, 0.3) is 10.2 Å². The summed E-state index contributed by atoms with van der Waals surface area (Å²) in [5.41, 5.74) is 1.33. The van der Waals surface area contributed by atoms with Crippen molar-refractivity contribution in [3.63, 3.8) is 0 Å². The van der Waals surface area contributed by atoms with E-state index in [1.165, 1.54) is 0 Å². The van der Waals surface area contributed by atoms with E-state index in [4.69, 9.17) is 5.14 Å². The van der Waals surface area contributed by atoms with Gasteiger partial charge in [0.1, 0.15) is 0 Å². The van der Waals surface area contributed by atoms with Crippen LogP contribution in [0.1, 0.15) is 27.2 Å². The van der Waals surface area contributed by atoms with Gasteiger partial charge in [-0.15, -0.1) is 0 Å². The van der Waals surface area contributed by atoms with E-state index in [2.05, 4.69) is 30.8 Å². The summed E-state index contributed by atoms with van der Waals surface area (Å²) in [6.07, 6.45) is 1.09. The van der Waals surface area contributed by atoms with Crippen LogP contribution in [-0.4, -0.2) is 14.5 Å². The molecule has 0 fully saturated rings. The van der Waals surface area contributed by atoms with Crippen molar-refractivity contribution in [3.8, 4) is 0 Å². The molecule has 2 atom stereocenters. The summed E-state index contributed by atoms with van der Waals surface area (Å²) in [4.78, 5) is 0. The molecule has 0 aromatic heterocycles. The molecular weight excluding hydrogens is 250 g/mol. The maximum atomic E-state index is 10.9. The van der Waals surface area contributed by atoms with Crippen molar-refractivity contribution in [1.82, 2.24) is 0 Å². The highest BCUT2D eigenvalue weighted by Gasteiger charge is 2.10. The van der Waals surface area contributed by atoms with Crippen molar-refractivity contribution in [2.24, 2.45) is 11.1 Å². The van der Waals surface area contributed by atoms with Gasteiger partial charge in [-0.1, -0.05) is 26.3 Å². The summed E-state index contributed by atoms with van der Waals surface area (Å²) in [6, 6.07) is 7.37. The van der Waals surface area contributed by atoms with Crippen LogP contribution < -0.4 is 15.2 Å². The molecule has 1 rings (SSSR count). The number of benzene rings is 1. The lowest BCUT2D eigenvalue weighted by Crippen LogP contribution is -2.24. The van der Waals surface area contributed by atoms with Gasteiger partial charge in [-0.3, -0.25) is 4.72 Å². The number of rotatable bonds is 6. The SMILES string of the molecule is CCC(C)C(C)Nc1cccc(NS(N)(=O)=O)c1. The van der Waals surface area contributed by atoms with E-state index in [1.807, 2.05) is 6.07 Å². The maximum absolute atomic E-state index is 10.9. The second-order valence-electron chi connectivity index (χ2n) is 4.55. The monoisotopic (exact) mass is 271 g/mol. The normalized spacial score (nSPS) is 14.9. The predicted octanol–water partition coefficient (Wildman–Crippen LogP) is 2.15. The quantitative estimate of drug-likeness (QED) is 0.741. The lowest BCUT2D eigenvalue weighted by Gasteiger charge is -2.21. The summed E-state index contributed by atoms with van der Waals surface area (Å²) in [6.45, 7) is 6.42.